The van der Waals surface area contributed by atoms with Crippen molar-refractivity contribution in [2.75, 3.05) is 20.1 Å². The third-order valence-corrected chi connectivity index (χ3v) is 2.41. The fourth-order valence-electron chi connectivity index (χ4n) is 1.48. The molecule has 12 heavy (non-hydrogen) atoms. The van der Waals surface area contributed by atoms with Crippen LogP contribution in [0.2, 0.25) is 0 Å². The van der Waals surface area contributed by atoms with Crippen molar-refractivity contribution in [2.24, 2.45) is 0 Å². The van der Waals surface area contributed by atoms with Crippen molar-refractivity contribution < 1.29 is 0 Å². The van der Waals surface area contributed by atoms with Gasteiger partial charge in [0.25, 0.3) is 0 Å². The zero-order valence-electron chi connectivity index (χ0n) is 8.43. The second-order valence-corrected chi connectivity index (χ2v) is 3.60. The standard InChI is InChI=1S/C11H19N/c1-4-5-6-11-9-12(3)8-7-10(11)2/h5-6H,4,7-9H2,1-3H3/b6-5-. The minimum absolute atomic E-state index is 1.13. The summed E-state index contributed by atoms with van der Waals surface area (Å²) in [5, 5.41) is 0. The lowest BCUT2D eigenvalue weighted by atomic mass is 10.0. The van der Waals surface area contributed by atoms with Crippen LogP contribution in [0.1, 0.15) is 26.7 Å². The first kappa shape index (κ1) is 9.53. The molecule has 0 aromatic carbocycles. The first-order valence-electron chi connectivity index (χ1n) is 4.77. The first-order valence-corrected chi connectivity index (χ1v) is 4.77. The van der Waals surface area contributed by atoms with Gasteiger partial charge in [0.05, 0.1) is 0 Å². The van der Waals surface area contributed by atoms with Crippen molar-refractivity contribution in [3.63, 3.8) is 0 Å². The van der Waals surface area contributed by atoms with Crippen molar-refractivity contribution in [3.05, 3.63) is 23.3 Å². The first-order chi connectivity index (χ1) is 5.74. The molecule has 0 spiro atoms. The summed E-state index contributed by atoms with van der Waals surface area (Å²) < 4.78 is 0. The zero-order valence-corrected chi connectivity index (χ0v) is 8.43. The van der Waals surface area contributed by atoms with Gasteiger partial charge in [-0.05, 0) is 32.4 Å². The highest BCUT2D eigenvalue weighted by atomic mass is 15.1. The van der Waals surface area contributed by atoms with Gasteiger partial charge in [0.2, 0.25) is 0 Å². The van der Waals surface area contributed by atoms with Gasteiger partial charge in [-0.1, -0.05) is 24.6 Å². The van der Waals surface area contributed by atoms with Gasteiger partial charge < -0.3 is 4.90 Å². The summed E-state index contributed by atoms with van der Waals surface area (Å²) in [5.74, 6) is 0. The molecule has 68 valence electrons. The Morgan fingerprint density at radius 2 is 2.25 bits per heavy atom. The fraction of sp³-hybridized carbons (Fsp3) is 0.636. The van der Waals surface area contributed by atoms with Crippen LogP contribution in [-0.4, -0.2) is 25.0 Å². The minimum atomic E-state index is 1.13. The molecule has 1 heterocycles. The van der Waals surface area contributed by atoms with Gasteiger partial charge in [0.15, 0.2) is 0 Å². The van der Waals surface area contributed by atoms with Gasteiger partial charge >= 0.3 is 0 Å². The minimum Gasteiger partial charge on any atom is -0.302 e. The second kappa shape index (κ2) is 4.46. The summed E-state index contributed by atoms with van der Waals surface area (Å²) in [5.41, 5.74) is 3.09. The molecule has 1 aliphatic heterocycles. The van der Waals surface area contributed by atoms with Crippen LogP contribution in [0.5, 0.6) is 0 Å². The maximum atomic E-state index is 2.38. The Morgan fingerprint density at radius 1 is 1.50 bits per heavy atom. The molecule has 1 heteroatoms. The molecule has 0 aliphatic carbocycles. The average Bonchev–Trinajstić information content (AvgIpc) is 2.07. The summed E-state index contributed by atoms with van der Waals surface area (Å²) in [6, 6.07) is 0. The van der Waals surface area contributed by atoms with Crippen LogP contribution in [0, 0.1) is 0 Å². The lowest BCUT2D eigenvalue weighted by molar-refractivity contribution is 0.351. The molecule has 1 rings (SSSR count). The Hall–Kier alpha value is -0.560. The highest BCUT2D eigenvalue weighted by Crippen LogP contribution is 2.17. The molecule has 0 unspecified atom stereocenters. The summed E-state index contributed by atoms with van der Waals surface area (Å²) in [6.07, 6.45) is 6.91. The van der Waals surface area contributed by atoms with E-state index in [-0.39, 0.29) is 0 Å². The second-order valence-electron chi connectivity index (χ2n) is 3.60. The molecule has 0 atom stereocenters. The number of allylic oxidation sites excluding steroid dienone is 1. The van der Waals surface area contributed by atoms with Crippen LogP contribution in [0.3, 0.4) is 0 Å². The summed E-state index contributed by atoms with van der Waals surface area (Å²) in [4.78, 5) is 2.38. The van der Waals surface area contributed by atoms with E-state index < -0.39 is 0 Å². The molecular formula is C11H19N. The van der Waals surface area contributed by atoms with Crippen molar-refractivity contribution in [2.45, 2.75) is 26.7 Å². The van der Waals surface area contributed by atoms with E-state index >= 15 is 0 Å². The van der Waals surface area contributed by atoms with Gasteiger partial charge in [0.1, 0.15) is 0 Å². The van der Waals surface area contributed by atoms with Crippen LogP contribution in [0.4, 0.5) is 0 Å². The van der Waals surface area contributed by atoms with E-state index in [0.717, 1.165) is 13.0 Å². The van der Waals surface area contributed by atoms with E-state index in [1.54, 1.807) is 5.57 Å². The number of nitrogens with zero attached hydrogens (tertiary/aromatic N) is 1. The Morgan fingerprint density at radius 3 is 2.92 bits per heavy atom. The number of hydrogen-bond donors (Lipinski definition) is 0. The van der Waals surface area contributed by atoms with Crippen molar-refractivity contribution in [1.29, 1.82) is 0 Å². The third-order valence-electron chi connectivity index (χ3n) is 2.41. The normalized spacial score (nSPS) is 20.9. The molecule has 0 fully saturated rings. The van der Waals surface area contributed by atoms with E-state index in [4.69, 9.17) is 0 Å². The van der Waals surface area contributed by atoms with E-state index in [1.807, 2.05) is 0 Å². The number of rotatable bonds is 2. The summed E-state index contributed by atoms with van der Waals surface area (Å²) in [7, 11) is 2.19. The molecule has 0 aromatic rings. The smallest absolute Gasteiger partial charge is 0.0230 e. The molecule has 0 aromatic heterocycles. The summed E-state index contributed by atoms with van der Waals surface area (Å²) in [6.45, 7) is 6.78. The third kappa shape index (κ3) is 2.49. The Labute approximate surface area is 75.8 Å². The van der Waals surface area contributed by atoms with Crippen LogP contribution >= 0.6 is 0 Å². The fourth-order valence-corrected chi connectivity index (χ4v) is 1.48. The Balaban J connectivity index is 2.64. The molecule has 0 radical (unpaired) electrons. The van der Waals surface area contributed by atoms with Crippen molar-refractivity contribution in [1.82, 2.24) is 4.90 Å². The van der Waals surface area contributed by atoms with Crippen LogP contribution in [0.25, 0.3) is 0 Å². The van der Waals surface area contributed by atoms with Gasteiger partial charge in [-0.25, -0.2) is 0 Å². The van der Waals surface area contributed by atoms with Gasteiger partial charge in [-0.2, -0.15) is 0 Å². The van der Waals surface area contributed by atoms with Gasteiger partial charge in [-0.15, -0.1) is 0 Å². The molecule has 0 saturated carbocycles. The molecule has 0 saturated heterocycles. The van der Waals surface area contributed by atoms with Crippen molar-refractivity contribution >= 4 is 0 Å². The SMILES string of the molecule is CC/C=C\C1=C(C)CCN(C)C1. The topological polar surface area (TPSA) is 3.24 Å². The number of hydrogen-bond acceptors (Lipinski definition) is 1. The maximum Gasteiger partial charge on any atom is 0.0230 e. The lowest BCUT2D eigenvalue weighted by Crippen LogP contribution is -2.26. The largest absolute Gasteiger partial charge is 0.302 e. The molecule has 0 bridgehead atoms. The van der Waals surface area contributed by atoms with Crippen molar-refractivity contribution in [3.8, 4) is 0 Å². The average molecular weight is 165 g/mol. The quantitative estimate of drug-likeness (QED) is 0.608. The molecular weight excluding hydrogens is 146 g/mol. The van der Waals surface area contributed by atoms with Gasteiger partial charge in [0, 0.05) is 13.1 Å². The zero-order chi connectivity index (χ0) is 8.97. The molecule has 1 aliphatic rings. The van der Waals surface area contributed by atoms with E-state index in [2.05, 4.69) is 37.9 Å². The van der Waals surface area contributed by atoms with Crippen LogP contribution in [-0.2, 0) is 0 Å². The monoisotopic (exact) mass is 165 g/mol. The predicted octanol–water partition coefficient (Wildman–Crippen LogP) is 2.60. The van der Waals surface area contributed by atoms with E-state index in [0.29, 0.717) is 0 Å². The molecule has 0 N–H and O–H groups in total. The van der Waals surface area contributed by atoms with E-state index in [9.17, 15) is 0 Å². The summed E-state index contributed by atoms with van der Waals surface area (Å²) >= 11 is 0. The molecule has 1 nitrogen and oxygen atoms in total. The van der Waals surface area contributed by atoms with Crippen LogP contribution in [0.15, 0.2) is 23.3 Å². The Kier molecular flexibility index (Phi) is 3.54. The van der Waals surface area contributed by atoms with Crippen LogP contribution < -0.4 is 0 Å². The number of likely N-dealkylation sites (N-methyl/N-ethyl adjacent to an activating group) is 1. The highest BCUT2D eigenvalue weighted by molar-refractivity contribution is 5.28. The highest BCUT2D eigenvalue weighted by Gasteiger charge is 2.10. The molecule has 0 amide bonds. The van der Waals surface area contributed by atoms with Gasteiger partial charge in [-0.3, -0.25) is 0 Å². The van der Waals surface area contributed by atoms with E-state index in [1.165, 1.54) is 18.5 Å². The Bertz CT molecular complexity index is 201. The lowest BCUT2D eigenvalue weighted by Gasteiger charge is -2.24. The predicted molar refractivity (Wildman–Crippen MR) is 54.2 cm³/mol. The maximum absolute atomic E-state index is 2.38.